The predicted molar refractivity (Wildman–Crippen MR) is 74.4 cm³/mol. The fraction of sp³-hybridized carbons (Fsp3) is 0.429. The van der Waals surface area contributed by atoms with Gasteiger partial charge in [0.2, 0.25) is 0 Å². The van der Waals surface area contributed by atoms with E-state index in [1.54, 1.807) is 13.8 Å². The molecule has 0 bridgehead atoms. The second-order valence-electron chi connectivity index (χ2n) is 4.58. The lowest BCUT2D eigenvalue weighted by Crippen LogP contribution is -2.42. The van der Waals surface area contributed by atoms with Gasteiger partial charge in [0, 0.05) is 6.54 Å². The molecular weight excluding hydrogens is 285 g/mol. The molecule has 0 saturated heterocycles. The Labute approximate surface area is 121 Å². The van der Waals surface area contributed by atoms with Crippen molar-refractivity contribution < 1.29 is 19.1 Å². The number of carboxylic acid groups (broad SMARTS) is 1. The van der Waals surface area contributed by atoms with Gasteiger partial charge >= 0.3 is 5.97 Å². The van der Waals surface area contributed by atoms with Crippen LogP contribution in [0.25, 0.3) is 0 Å². The Morgan fingerprint density at radius 3 is 2.45 bits per heavy atom. The molecule has 0 aliphatic carbocycles. The zero-order valence-electron chi connectivity index (χ0n) is 11.4. The number of amides is 1. The first-order valence-electron chi connectivity index (χ1n) is 6.33. The average molecular weight is 302 g/mol. The van der Waals surface area contributed by atoms with E-state index in [4.69, 9.17) is 11.6 Å². The van der Waals surface area contributed by atoms with Gasteiger partial charge in [0.05, 0.1) is 16.0 Å². The zero-order valence-corrected chi connectivity index (χ0v) is 12.1. The number of carboxylic acids is 1. The molecule has 4 nitrogen and oxygen atoms in total. The number of carbonyl (C=O) groups is 2. The topological polar surface area (TPSA) is 66.4 Å². The number of rotatable bonds is 6. The van der Waals surface area contributed by atoms with Gasteiger partial charge in [-0.25, -0.2) is 4.39 Å². The number of benzene rings is 1. The van der Waals surface area contributed by atoms with Gasteiger partial charge in [-0.05, 0) is 25.0 Å². The average Bonchev–Trinajstić information content (AvgIpc) is 2.43. The Balaban J connectivity index is 2.86. The van der Waals surface area contributed by atoms with Crippen LogP contribution < -0.4 is 5.32 Å². The van der Waals surface area contributed by atoms with Crippen LogP contribution in [0.2, 0.25) is 5.02 Å². The molecule has 6 heteroatoms. The van der Waals surface area contributed by atoms with Gasteiger partial charge in [0.15, 0.2) is 5.82 Å². The van der Waals surface area contributed by atoms with Gasteiger partial charge in [-0.1, -0.05) is 31.5 Å². The molecule has 0 fully saturated rings. The van der Waals surface area contributed by atoms with Crippen LogP contribution in [-0.2, 0) is 4.79 Å². The highest BCUT2D eigenvalue weighted by Crippen LogP contribution is 2.26. The van der Waals surface area contributed by atoms with Crippen molar-refractivity contribution >= 4 is 23.5 Å². The minimum Gasteiger partial charge on any atom is -0.481 e. The van der Waals surface area contributed by atoms with Crippen LogP contribution in [0.15, 0.2) is 18.2 Å². The largest absolute Gasteiger partial charge is 0.481 e. The van der Waals surface area contributed by atoms with E-state index in [0.717, 1.165) is 0 Å². The number of carbonyl (C=O) groups excluding carboxylic acids is 1. The van der Waals surface area contributed by atoms with Crippen molar-refractivity contribution in [3.8, 4) is 0 Å². The SMILES string of the molecule is CCC(CC)(CNC(=O)c1cccc(Cl)c1F)C(=O)O. The van der Waals surface area contributed by atoms with E-state index in [0.29, 0.717) is 12.8 Å². The van der Waals surface area contributed by atoms with Crippen LogP contribution in [-0.4, -0.2) is 23.5 Å². The number of nitrogens with one attached hydrogen (secondary N) is 1. The van der Waals surface area contributed by atoms with Crippen molar-refractivity contribution in [1.29, 1.82) is 0 Å². The highest BCUT2D eigenvalue weighted by Gasteiger charge is 2.35. The molecule has 0 radical (unpaired) electrons. The Bertz CT molecular complexity index is 515. The molecule has 0 aliphatic rings. The summed E-state index contributed by atoms with van der Waals surface area (Å²) in [5.74, 6) is -2.45. The Morgan fingerprint density at radius 1 is 1.35 bits per heavy atom. The molecule has 1 amide bonds. The molecular formula is C14H17ClFNO3. The lowest BCUT2D eigenvalue weighted by atomic mass is 9.82. The molecule has 0 saturated carbocycles. The number of halogens is 2. The van der Waals surface area contributed by atoms with E-state index in [1.807, 2.05) is 0 Å². The quantitative estimate of drug-likeness (QED) is 0.848. The van der Waals surface area contributed by atoms with Crippen LogP contribution in [0.4, 0.5) is 4.39 Å². The third-order valence-corrected chi connectivity index (χ3v) is 3.88. The summed E-state index contributed by atoms with van der Waals surface area (Å²) in [6.07, 6.45) is 0.744. The third-order valence-electron chi connectivity index (χ3n) is 3.59. The molecule has 0 aliphatic heterocycles. The van der Waals surface area contributed by atoms with E-state index in [9.17, 15) is 19.1 Å². The van der Waals surface area contributed by atoms with Crippen LogP contribution >= 0.6 is 11.6 Å². The smallest absolute Gasteiger partial charge is 0.311 e. The van der Waals surface area contributed by atoms with Crippen molar-refractivity contribution in [2.75, 3.05) is 6.54 Å². The van der Waals surface area contributed by atoms with Crippen molar-refractivity contribution in [2.24, 2.45) is 5.41 Å². The summed E-state index contributed by atoms with van der Waals surface area (Å²) >= 11 is 5.60. The first-order valence-corrected chi connectivity index (χ1v) is 6.71. The summed E-state index contributed by atoms with van der Waals surface area (Å²) < 4.78 is 13.7. The molecule has 1 rings (SSSR count). The maximum Gasteiger partial charge on any atom is 0.311 e. The van der Waals surface area contributed by atoms with Gasteiger partial charge < -0.3 is 10.4 Å². The summed E-state index contributed by atoms with van der Waals surface area (Å²) in [6, 6.07) is 4.11. The Morgan fingerprint density at radius 2 is 1.95 bits per heavy atom. The van der Waals surface area contributed by atoms with E-state index in [-0.39, 0.29) is 17.1 Å². The van der Waals surface area contributed by atoms with Gasteiger partial charge in [0.25, 0.3) is 5.91 Å². The molecule has 0 aromatic heterocycles. The monoisotopic (exact) mass is 301 g/mol. The van der Waals surface area contributed by atoms with E-state index in [2.05, 4.69) is 5.32 Å². The lowest BCUT2D eigenvalue weighted by molar-refractivity contribution is -0.149. The third kappa shape index (κ3) is 3.28. The van der Waals surface area contributed by atoms with Crippen LogP contribution in [0.3, 0.4) is 0 Å². The van der Waals surface area contributed by atoms with Gasteiger partial charge in [0.1, 0.15) is 0 Å². The van der Waals surface area contributed by atoms with Gasteiger partial charge in [-0.3, -0.25) is 9.59 Å². The molecule has 0 spiro atoms. The maximum atomic E-state index is 13.7. The second-order valence-corrected chi connectivity index (χ2v) is 4.98. The van der Waals surface area contributed by atoms with Crippen molar-refractivity contribution in [3.05, 3.63) is 34.6 Å². The standard InChI is InChI=1S/C14H17ClFNO3/c1-3-14(4-2,13(19)20)8-17-12(18)9-6-5-7-10(15)11(9)16/h5-7H,3-4,8H2,1-2H3,(H,17,18)(H,19,20). The molecule has 2 N–H and O–H groups in total. The molecule has 0 unspecified atom stereocenters. The lowest BCUT2D eigenvalue weighted by Gasteiger charge is -2.26. The summed E-state index contributed by atoms with van der Waals surface area (Å²) in [6.45, 7) is 3.42. The fourth-order valence-corrected chi connectivity index (χ4v) is 2.08. The minimum absolute atomic E-state index is 0.0554. The summed E-state index contributed by atoms with van der Waals surface area (Å²) in [5.41, 5.74) is -1.23. The van der Waals surface area contributed by atoms with Crippen molar-refractivity contribution in [1.82, 2.24) is 5.32 Å². The summed E-state index contributed by atoms with van der Waals surface area (Å²) in [7, 11) is 0. The zero-order chi connectivity index (χ0) is 15.3. The van der Waals surface area contributed by atoms with Crippen molar-refractivity contribution in [2.45, 2.75) is 26.7 Å². The van der Waals surface area contributed by atoms with E-state index < -0.39 is 23.1 Å². The molecule has 1 aromatic rings. The van der Waals surface area contributed by atoms with Gasteiger partial charge in [-0.15, -0.1) is 0 Å². The molecule has 1 aromatic carbocycles. The summed E-state index contributed by atoms with van der Waals surface area (Å²) in [5, 5.41) is 11.6. The fourth-order valence-electron chi connectivity index (χ4n) is 1.90. The highest BCUT2D eigenvalue weighted by molar-refractivity contribution is 6.31. The molecule has 110 valence electrons. The Kier molecular flexibility index (Phi) is 5.51. The first-order chi connectivity index (χ1) is 9.38. The van der Waals surface area contributed by atoms with Crippen LogP contribution in [0.5, 0.6) is 0 Å². The minimum atomic E-state index is -1.04. The molecule has 0 heterocycles. The molecule has 0 atom stereocenters. The first kappa shape index (κ1) is 16.4. The van der Waals surface area contributed by atoms with E-state index >= 15 is 0 Å². The van der Waals surface area contributed by atoms with Crippen LogP contribution in [0, 0.1) is 11.2 Å². The normalized spacial score (nSPS) is 11.2. The maximum absolute atomic E-state index is 13.7. The van der Waals surface area contributed by atoms with Crippen LogP contribution in [0.1, 0.15) is 37.0 Å². The summed E-state index contributed by atoms with van der Waals surface area (Å²) in [4.78, 5) is 23.2. The van der Waals surface area contributed by atoms with E-state index in [1.165, 1.54) is 18.2 Å². The number of hydrogen-bond acceptors (Lipinski definition) is 2. The number of hydrogen-bond donors (Lipinski definition) is 2. The Hall–Kier alpha value is -1.62. The predicted octanol–water partition coefficient (Wildman–Crippen LogP) is 3.10. The number of aliphatic carboxylic acids is 1. The molecule has 20 heavy (non-hydrogen) atoms. The second kappa shape index (κ2) is 6.70. The van der Waals surface area contributed by atoms with Gasteiger partial charge in [-0.2, -0.15) is 0 Å². The van der Waals surface area contributed by atoms with Crippen molar-refractivity contribution in [3.63, 3.8) is 0 Å². The highest BCUT2D eigenvalue weighted by atomic mass is 35.5.